The van der Waals surface area contributed by atoms with E-state index in [0.29, 0.717) is 0 Å². The quantitative estimate of drug-likeness (QED) is 0.808. The highest BCUT2D eigenvalue weighted by atomic mass is 32.2. The fourth-order valence-corrected chi connectivity index (χ4v) is 2.57. The van der Waals surface area contributed by atoms with Gasteiger partial charge >= 0.3 is 0 Å². The molecule has 74 valence electrons. The van der Waals surface area contributed by atoms with Gasteiger partial charge < -0.3 is 9.84 Å². The second-order valence-corrected chi connectivity index (χ2v) is 5.05. The van der Waals surface area contributed by atoms with E-state index in [9.17, 15) is 5.11 Å². The lowest BCUT2D eigenvalue weighted by atomic mass is 10.1. The zero-order valence-electron chi connectivity index (χ0n) is 7.82. The van der Waals surface area contributed by atoms with Gasteiger partial charge in [-0.15, -0.1) is 0 Å². The summed E-state index contributed by atoms with van der Waals surface area (Å²) in [4.78, 5) is 1.21. The molecule has 1 N–H and O–H groups in total. The third-order valence-corrected chi connectivity index (χ3v) is 3.66. The second-order valence-electron chi connectivity index (χ2n) is 4.09. The maximum Gasteiger partial charge on any atom is 0.138 e. The van der Waals surface area contributed by atoms with E-state index in [1.54, 1.807) is 11.8 Å². The van der Waals surface area contributed by atoms with Crippen molar-refractivity contribution < 1.29 is 9.84 Å². The highest BCUT2D eigenvalue weighted by molar-refractivity contribution is 7.99. The van der Waals surface area contributed by atoms with Crippen molar-refractivity contribution in [3.05, 3.63) is 23.8 Å². The number of thioether (sulfide) groups is 1. The summed E-state index contributed by atoms with van der Waals surface area (Å²) in [7, 11) is 0. The summed E-state index contributed by atoms with van der Waals surface area (Å²) in [6, 6.07) is 6.21. The number of hydrogen-bond donors (Lipinski definition) is 1. The number of fused-ring (bicyclic) bond motifs is 1. The summed E-state index contributed by atoms with van der Waals surface area (Å²) in [6.07, 6.45) is 2.70. The molecule has 2 aliphatic rings. The first-order valence-corrected chi connectivity index (χ1v) is 5.85. The van der Waals surface area contributed by atoms with Gasteiger partial charge in [-0.2, -0.15) is 0 Å². The SMILES string of the molecule is OC1(Cc2ccc3c(c2)SCO3)CC1. The van der Waals surface area contributed by atoms with Crippen LogP contribution in [-0.4, -0.2) is 16.6 Å². The lowest BCUT2D eigenvalue weighted by Crippen LogP contribution is -2.10. The molecular weight excluding hydrogens is 196 g/mol. The largest absolute Gasteiger partial charge is 0.481 e. The van der Waals surface area contributed by atoms with E-state index in [0.717, 1.165) is 31.0 Å². The van der Waals surface area contributed by atoms with E-state index in [4.69, 9.17) is 4.74 Å². The fourth-order valence-electron chi connectivity index (χ4n) is 1.75. The minimum Gasteiger partial charge on any atom is -0.481 e. The van der Waals surface area contributed by atoms with Gasteiger partial charge in [-0.05, 0) is 30.5 Å². The van der Waals surface area contributed by atoms with E-state index in [-0.39, 0.29) is 0 Å². The van der Waals surface area contributed by atoms with Crippen LogP contribution >= 0.6 is 11.8 Å². The van der Waals surface area contributed by atoms with E-state index in [1.165, 1.54) is 10.5 Å². The standard InChI is InChI=1S/C11H12O2S/c12-11(3-4-11)6-8-1-2-9-10(5-8)14-7-13-9/h1-2,5,12H,3-4,6-7H2. The van der Waals surface area contributed by atoms with E-state index >= 15 is 0 Å². The van der Waals surface area contributed by atoms with Crippen LogP contribution < -0.4 is 4.74 Å². The Bertz CT molecular complexity index is 372. The number of ether oxygens (including phenoxy) is 1. The molecule has 0 saturated heterocycles. The first kappa shape index (κ1) is 8.62. The summed E-state index contributed by atoms with van der Waals surface area (Å²) in [5.41, 5.74) is 0.833. The fraction of sp³-hybridized carbons (Fsp3) is 0.455. The molecule has 0 unspecified atom stereocenters. The molecule has 1 fully saturated rings. The average molecular weight is 208 g/mol. The molecule has 1 aromatic carbocycles. The van der Waals surface area contributed by atoms with Crippen LogP contribution in [0.25, 0.3) is 0 Å². The van der Waals surface area contributed by atoms with Crippen LogP contribution in [0.3, 0.4) is 0 Å². The van der Waals surface area contributed by atoms with Crippen LogP contribution in [0.1, 0.15) is 18.4 Å². The van der Waals surface area contributed by atoms with Crippen LogP contribution in [0.2, 0.25) is 0 Å². The smallest absolute Gasteiger partial charge is 0.138 e. The van der Waals surface area contributed by atoms with Crippen LogP contribution in [0.5, 0.6) is 5.75 Å². The van der Waals surface area contributed by atoms with Gasteiger partial charge in [0.2, 0.25) is 0 Å². The minimum atomic E-state index is -0.391. The van der Waals surface area contributed by atoms with Crippen LogP contribution in [-0.2, 0) is 6.42 Å². The maximum absolute atomic E-state index is 9.79. The van der Waals surface area contributed by atoms with Crippen molar-refractivity contribution in [1.82, 2.24) is 0 Å². The Labute approximate surface area is 87.3 Å². The topological polar surface area (TPSA) is 29.5 Å². The normalized spacial score (nSPS) is 21.5. The monoisotopic (exact) mass is 208 g/mol. The summed E-state index contributed by atoms with van der Waals surface area (Å²) >= 11 is 1.72. The molecule has 14 heavy (non-hydrogen) atoms. The van der Waals surface area contributed by atoms with Gasteiger partial charge in [-0.3, -0.25) is 0 Å². The summed E-state index contributed by atoms with van der Waals surface area (Å²) < 4.78 is 5.40. The number of rotatable bonds is 2. The molecule has 1 saturated carbocycles. The number of benzene rings is 1. The number of aliphatic hydroxyl groups is 1. The zero-order chi connectivity index (χ0) is 9.60. The van der Waals surface area contributed by atoms with E-state index in [1.807, 2.05) is 6.07 Å². The van der Waals surface area contributed by atoms with E-state index < -0.39 is 5.60 Å². The number of hydrogen-bond acceptors (Lipinski definition) is 3. The zero-order valence-corrected chi connectivity index (χ0v) is 8.64. The Balaban J connectivity index is 1.85. The van der Waals surface area contributed by atoms with Gasteiger partial charge in [0.05, 0.1) is 10.5 Å². The highest BCUT2D eigenvalue weighted by Gasteiger charge is 2.40. The molecule has 1 aromatic rings. The van der Waals surface area contributed by atoms with Crippen LogP contribution in [0.15, 0.2) is 23.1 Å². The first-order chi connectivity index (χ1) is 6.75. The van der Waals surface area contributed by atoms with Crippen molar-refractivity contribution in [3.63, 3.8) is 0 Å². The summed E-state index contributed by atoms with van der Waals surface area (Å²) in [6.45, 7) is 0. The Morgan fingerprint density at radius 1 is 1.43 bits per heavy atom. The minimum absolute atomic E-state index is 0.391. The molecule has 0 bridgehead atoms. The van der Waals surface area contributed by atoms with Crippen molar-refractivity contribution >= 4 is 11.8 Å². The van der Waals surface area contributed by atoms with Gasteiger partial charge in [0.1, 0.15) is 11.7 Å². The van der Waals surface area contributed by atoms with Crippen molar-refractivity contribution in [2.45, 2.75) is 29.8 Å². The van der Waals surface area contributed by atoms with Gasteiger partial charge in [0.15, 0.2) is 0 Å². The lowest BCUT2D eigenvalue weighted by Gasteiger charge is -2.08. The van der Waals surface area contributed by atoms with Crippen molar-refractivity contribution in [2.24, 2.45) is 0 Å². The summed E-state index contributed by atoms with van der Waals surface area (Å²) in [5.74, 6) is 1.71. The molecule has 3 rings (SSSR count). The molecule has 0 aromatic heterocycles. The average Bonchev–Trinajstić information content (AvgIpc) is 2.73. The van der Waals surface area contributed by atoms with Crippen molar-refractivity contribution in [3.8, 4) is 5.75 Å². The predicted molar refractivity (Wildman–Crippen MR) is 55.7 cm³/mol. The van der Waals surface area contributed by atoms with Crippen molar-refractivity contribution in [1.29, 1.82) is 0 Å². The molecular formula is C11H12O2S. The molecule has 0 amide bonds. The Morgan fingerprint density at radius 2 is 2.29 bits per heavy atom. The molecule has 1 aliphatic heterocycles. The van der Waals surface area contributed by atoms with Crippen LogP contribution in [0.4, 0.5) is 0 Å². The Hall–Kier alpha value is -0.670. The predicted octanol–water partition coefficient (Wildman–Crippen LogP) is 2.20. The molecule has 2 nitrogen and oxygen atoms in total. The molecule has 1 heterocycles. The molecule has 1 aliphatic carbocycles. The van der Waals surface area contributed by atoms with E-state index in [2.05, 4.69) is 12.1 Å². The molecule has 0 atom stereocenters. The third kappa shape index (κ3) is 1.51. The molecule has 0 radical (unpaired) electrons. The molecule has 3 heteroatoms. The maximum atomic E-state index is 9.79. The van der Waals surface area contributed by atoms with Gasteiger partial charge in [-0.1, -0.05) is 17.8 Å². The lowest BCUT2D eigenvalue weighted by molar-refractivity contribution is 0.151. The highest BCUT2D eigenvalue weighted by Crippen LogP contribution is 2.41. The first-order valence-electron chi connectivity index (χ1n) is 4.86. The van der Waals surface area contributed by atoms with Crippen LogP contribution in [0, 0.1) is 0 Å². The van der Waals surface area contributed by atoms with Gasteiger partial charge in [0, 0.05) is 6.42 Å². The van der Waals surface area contributed by atoms with Gasteiger partial charge in [0.25, 0.3) is 0 Å². The van der Waals surface area contributed by atoms with Gasteiger partial charge in [-0.25, -0.2) is 0 Å². The van der Waals surface area contributed by atoms with Crippen molar-refractivity contribution in [2.75, 3.05) is 5.94 Å². The molecule has 0 spiro atoms. The summed E-state index contributed by atoms with van der Waals surface area (Å²) in [5, 5.41) is 9.79. The Morgan fingerprint density at radius 3 is 3.07 bits per heavy atom. The Kier molecular flexibility index (Phi) is 1.79. The second kappa shape index (κ2) is 2.91. The third-order valence-electron chi connectivity index (χ3n) is 2.80.